The highest BCUT2D eigenvalue weighted by atomic mass is 32.1. The Morgan fingerprint density at radius 1 is 1.43 bits per heavy atom. The minimum absolute atomic E-state index is 0.126. The van der Waals surface area contributed by atoms with Crippen molar-refractivity contribution >= 4 is 32.6 Å². The number of hydrogen-bond donors (Lipinski definition) is 2. The highest BCUT2D eigenvalue weighted by molar-refractivity contribution is 7.22. The van der Waals surface area contributed by atoms with Gasteiger partial charge in [0.2, 0.25) is 5.91 Å². The summed E-state index contributed by atoms with van der Waals surface area (Å²) < 4.78 is 2.82. The molecular formula is C16H17N5OS. The van der Waals surface area contributed by atoms with E-state index < -0.39 is 0 Å². The third-order valence-electron chi connectivity index (χ3n) is 4.05. The van der Waals surface area contributed by atoms with E-state index in [4.69, 9.17) is 5.73 Å². The number of aromatic nitrogens is 3. The molecule has 0 aliphatic heterocycles. The summed E-state index contributed by atoms with van der Waals surface area (Å²) in [6.45, 7) is 0.126. The summed E-state index contributed by atoms with van der Waals surface area (Å²) >= 11 is 1.65. The number of anilines is 1. The van der Waals surface area contributed by atoms with Crippen LogP contribution in [0.4, 0.5) is 5.13 Å². The van der Waals surface area contributed by atoms with Gasteiger partial charge in [-0.1, -0.05) is 23.5 Å². The van der Waals surface area contributed by atoms with Crippen LogP contribution in [0.2, 0.25) is 0 Å². The molecule has 0 bridgehead atoms. The van der Waals surface area contributed by atoms with E-state index in [2.05, 4.69) is 21.5 Å². The molecule has 7 heteroatoms. The molecule has 3 N–H and O–H groups in total. The van der Waals surface area contributed by atoms with E-state index in [0.29, 0.717) is 0 Å². The Labute approximate surface area is 137 Å². The third-order valence-corrected chi connectivity index (χ3v) is 5.02. The van der Waals surface area contributed by atoms with Crippen molar-refractivity contribution in [2.45, 2.75) is 31.8 Å². The standard InChI is InChI=1S/C16H17N5OS/c17-14(22)9-21-8-10-4-3-6-12(15(10)20-21)19-16-18-11-5-1-2-7-13(11)23-16/h1-2,5,7-8,12H,3-4,6,9H2,(H2,17,22)(H,18,19). The van der Waals surface area contributed by atoms with E-state index in [1.807, 2.05) is 24.4 Å². The molecule has 6 nitrogen and oxygen atoms in total. The summed E-state index contributed by atoms with van der Waals surface area (Å²) in [4.78, 5) is 15.7. The minimum Gasteiger partial charge on any atom is -0.368 e. The summed E-state index contributed by atoms with van der Waals surface area (Å²) in [7, 11) is 0. The Kier molecular flexibility index (Phi) is 3.49. The Morgan fingerprint density at radius 2 is 2.30 bits per heavy atom. The van der Waals surface area contributed by atoms with Crippen molar-refractivity contribution in [2.24, 2.45) is 5.73 Å². The van der Waals surface area contributed by atoms with Crippen LogP contribution in [0.1, 0.15) is 30.1 Å². The van der Waals surface area contributed by atoms with E-state index >= 15 is 0 Å². The largest absolute Gasteiger partial charge is 0.368 e. The van der Waals surface area contributed by atoms with Crippen molar-refractivity contribution in [3.8, 4) is 0 Å². The molecule has 3 aromatic rings. The molecule has 23 heavy (non-hydrogen) atoms. The zero-order valence-corrected chi connectivity index (χ0v) is 13.3. The molecule has 0 fully saturated rings. The zero-order chi connectivity index (χ0) is 15.8. The van der Waals surface area contributed by atoms with Gasteiger partial charge in [0.15, 0.2) is 5.13 Å². The molecule has 118 valence electrons. The summed E-state index contributed by atoms with van der Waals surface area (Å²) in [5.74, 6) is -0.375. The van der Waals surface area contributed by atoms with Gasteiger partial charge in [0, 0.05) is 6.20 Å². The first kappa shape index (κ1) is 14.2. The SMILES string of the molecule is NC(=O)Cn1cc2c(n1)C(Nc1nc3ccccc3s1)CCC2. The molecule has 1 aromatic carbocycles. The van der Waals surface area contributed by atoms with Gasteiger partial charge in [-0.3, -0.25) is 9.48 Å². The predicted molar refractivity (Wildman–Crippen MR) is 90.3 cm³/mol. The first-order valence-corrected chi connectivity index (χ1v) is 8.47. The second-order valence-electron chi connectivity index (χ2n) is 5.78. The molecule has 1 aliphatic carbocycles. The van der Waals surface area contributed by atoms with Crippen LogP contribution in [0.25, 0.3) is 10.2 Å². The fourth-order valence-corrected chi connectivity index (χ4v) is 3.98. The summed E-state index contributed by atoms with van der Waals surface area (Å²) in [5, 5.41) is 8.97. The molecule has 2 heterocycles. The predicted octanol–water partition coefficient (Wildman–Crippen LogP) is 2.47. The van der Waals surface area contributed by atoms with Crippen LogP contribution in [0.15, 0.2) is 30.5 Å². The number of benzene rings is 1. The van der Waals surface area contributed by atoms with Crippen LogP contribution in [0, 0.1) is 0 Å². The Bertz CT molecular complexity index is 835. The highest BCUT2D eigenvalue weighted by Gasteiger charge is 2.25. The molecule has 0 saturated heterocycles. The van der Waals surface area contributed by atoms with Gasteiger partial charge in [0.05, 0.1) is 22.0 Å². The number of nitrogens with one attached hydrogen (secondary N) is 1. The van der Waals surface area contributed by atoms with Crippen molar-refractivity contribution in [3.05, 3.63) is 41.7 Å². The van der Waals surface area contributed by atoms with Gasteiger partial charge in [0.1, 0.15) is 6.54 Å². The fraction of sp³-hybridized carbons (Fsp3) is 0.312. The van der Waals surface area contributed by atoms with Crippen molar-refractivity contribution in [1.82, 2.24) is 14.8 Å². The number of rotatable bonds is 4. The highest BCUT2D eigenvalue weighted by Crippen LogP contribution is 2.34. The molecule has 0 spiro atoms. The maximum atomic E-state index is 11.1. The number of hydrogen-bond acceptors (Lipinski definition) is 5. The summed E-state index contributed by atoms with van der Waals surface area (Å²) in [6.07, 6.45) is 5.03. The molecular weight excluding hydrogens is 310 g/mol. The van der Waals surface area contributed by atoms with E-state index in [0.717, 1.165) is 35.6 Å². The lowest BCUT2D eigenvalue weighted by Gasteiger charge is -2.21. The minimum atomic E-state index is -0.375. The molecule has 4 rings (SSSR count). The van der Waals surface area contributed by atoms with Crippen LogP contribution in [0.5, 0.6) is 0 Å². The topological polar surface area (TPSA) is 85.8 Å². The lowest BCUT2D eigenvalue weighted by molar-refractivity contribution is -0.118. The molecule has 0 saturated carbocycles. The van der Waals surface area contributed by atoms with Gasteiger partial charge < -0.3 is 11.1 Å². The van der Waals surface area contributed by atoms with Crippen molar-refractivity contribution in [2.75, 3.05) is 5.32 Å². The first-order valence-electron chi connectivity index (χ1n) is 7.66. The quantitative estimate of drug-likeness (QED) is 0.771. The van der Waals surface area contributed by atoms with Crippen molar-refractivity contribution < 1.29 is 4.79 Å². The van der Waals surface area contributed by atoms with E-state index in [9.17, 15) is 4.79 Å². The maximum absolute atomic E-state index is 11.1. The van der Waals surface area contributed by atoms with Crippen LogP contribution < -0.4 is 11.1 Å². The van der Waals surface area contributed by atoms with Gasteiger partial charge in [-0.2, -0.15) is 5.10 Å². The molecule has 1 unspecified atom stereocenters. The number of aryl methyl sites for hydroxylation is 1. The number of primary amides is 1. The number of thiazole rings is 1. The molecule has 2 aromatic heterocycles. The number of carbonyl (C=O) groups is 1. The lowest BCUT2D eigenvalue weighted by atomic mass is 9.94. The first-order chi connectivity index (χ1) is 11.2. The van der Waals surface area contributed by atoms with Crippen LogP contribution in [-0.4, -0.2) is 20.7 Å². The van der Waals surface area contributed by atoms with Gasteiger partial charge in [-0.05, 0) is 37.0 Å². The second kappa shape index (κ2) is 5.66. The molecule has 1 amide bonds. The number of fused-ring (bicyclic) bond motifs is 2. The van der Waals surface area contributed by atoms with Gasteiger partial charge in [-0.15, -0.1) is 0 Å². The average Bonchev–Trinajstić information content (AvgIpc) is 3.09. The average molecular weight is 327 g/mol. The number of nitrogens with zero attached hydrogens (tertiary/aromatic N) is 3. The van der Waals surface area contributed by atoms with Gasteiger partial charge >= 0.3 is 0 Å². The van der Waals surface area contributed by atoms with Crippen molar-refractivity contribution in [3.63, 3.8) is 0 Å². The lowest BCUT2D eigenvalue weighted by Crippen LogP contribution is -2.20. The zero-order valence-electron chi connectivity index (χ0n) is 12.5. The summed E-state index contributed by atoms with van der Waals surface area (Å²) in [6, 6.07) is 8.25. The smallest absolute Gasteiger partial charge is 0.239 e. The third kappa shape index (κ3) is 2.79. The number of para-hydroxylation sites is 1. The second-order valence-corrected chi connectivity index (χ2v) is 6.81. The number of carbonyl (C=O) groups excluding carboxylic acids is 1. The summed E-state index contributed by atoms with van der Waals surface area (Å²) in [5.41, 5.74) is 8.47. The van der Waals surface area contributed by atoms with Crippen LogP contribution in [-0.2, 0) is 17.8 Å². The van der Waals surface area contributed by atoms with E-state index in [1.165, 1.54) is 10.3 Å². The van der Waals surface area contributed by atoms with Crippen molar-refractivity contribution in [1.29, 1.82) is 0 Å². The monoisotopic (exact) mass is 327 g/mol. The van der Waals surface area contributed by atoms with Gasteiger partial charge in [-0.25, -0.2) is 4.98 Å². The fourth-order valence-electron chi connectivity index (χ4n) is 3.06. The molecule has 1 aliphatic rings. The molecule has 0 radical (unpaired) electrons. The Morgan fingerprint density at radius 3 is 3.13 bits per heavy atom. The van der Waals surface area contributed by atoms with Crippen LogP contribution >= 0.6 is 11.3 Å². The number of amides is 1. The van der Waals surface area contributed by atoms with Crippen LogP contribution in [0.3, 0.4) is 0 Å². The van der Waals surface area contributed by atoms with E-state index in [-0.39, 0.29) is 18.5 Å². The van der Waals surface area contributed by atoms with E-state index in [1.54, 1.807) is 16.0 Å². The Hall–Kier alpha value is -2.41. The number of nitrogens with two attached hydrogens (primary N) is 1. The normalized spacial score (nSPS) is 17.1. The van der Waals surface area contributed by atoms with Gasteiger partial charge in [0.25, 0.3) is 0 Å². The Balaban J connectivity index is 1.60. The maximum Gasteiger partial charge on any atom is 0.239 e. The molecule has 1 atom stereocenters.